The number of ether oxygens (including phenoxy) is 1. The molecule has 3 aromatic carbocycles. The van der Waals surface area contributed by atoms with Gasteiger partial charge in [0.1, 0.15) is 6.04 Å². The van der Waals surface area contributed by atoms with Crippen LogP contribution in [0.3, 0.4) is 0 Å². The van der Waals surface area contributed by atoms with Crippen LogP contribution >= 0.6 is 0 Å². The lowest BCUT2D eigenvalue weighted by atomic mass is 9.74. The van der Waals surface area contributed by atoms with Crippen LogP contribution in [0, 0.1) is 22.0 Å². The van der Waals surface area contributed by atoms with E-state index in [0.717, 1.165) is 22.0 Å². The number of nitrogens with zero attached hydrogens (tertiary/aromatic N) is 3. The lowest BCUT2D eigenvalue weighted by molar-refractivity contribution is -0.387. The van der Waals surface area contributed by atoms with Gasteiger partial charge in [0, 0.05) is 19.2 Å². The van der Waals surface area contributed by atoms with Crippen LogP contribution in [0.1, 0.15) is 18.1 Å². The van der Waals surface area contributed by atoms with E-state index in [-0.39, 0.29) is 19.7 Å². The average Bonchev–Trinajstić information content (AvgIpc) is 3.65. The minimum absolute atomic E-state index is 0.0225. The Kier molecular flexibility index (Phi) is 7.75. The minimum atomic E-state index is -4.79. The molecule has 1 spiro atoms. The van der Waals surface area contributed by atoms with Gasteiger partial charge in [-0.1, -0.05) is 84.9 Å². The molecule has 3 aliphatic heterocycles. The summed E-state index contributed by atoms with van der Waals surface area (Å²) in [7, 11) is -4.79. The second kappa shape index (κ2) is 11.6. The number of sulfonamides is 1. The molecular weight excluding hydrogens is 600 g/mol. The number of hydrogen-bond acceptors (Lipinski definition) is 8. The summed E-state index contributed by atoms with van der Waals surface area (Å²) in [5.41, 5.74) is -1.08. The summed E-state index contributed by atoms with van der Waals surface area (Å²) >= 11 is 0. The van der Waals surface area contributed by atoms with Gasteiger partial charge in [-0.15, -0.1) is 0 Å². The van der Waals surface area contributed by atoms with Crippen molar-refractivity contribution in [2.75, 3.05) is 6.61 Å². The maximum absolute atomic E-state index is 14.6. The van der Waals surface area contributed by atoms with Gasteiger partial charge in [0.25, 0.3) is 15.7 Å². The van der Waals surface area contributed by atoms with Crippen molar-refractivity contribution in [3.05, 3.63) is 118 Å². The Morgan fingerprint density at radius 3 is 2.24 bits per heavy atom. The van der Waals surface area contributed by atoms with Crippen molar-refractivity contribution < 1.29 is 32.5 Å². The number of carbonyl (C=O) groups is 3. The Morgan fingerprint density at radius 1 is 0.978 bits per heavy atom. The van der Waals surface area contributed by atoms with E-state index in [2.05, 4.69) is 5.32 Å². The molecule has 12 nitrogen and oxygen atoms in total. The van der Waals surface area contributed by atoms with Gasteiger partial charge in [0.05, 0.1) is 34.9 Å². The van der Waals surface area contributed by atoms with E-state index >= 15 is 0 Å². The summed E-state index contributed by atoms with van der Waals surface area (Å²) in [6, 6.07) is 20.2. The summed E-state index contributed by atoms with van der Waals surface area (Å²) in [5, 5.41) is 14.8. The molecule has 2 saturated heterocycles. The Balaban J connectivity index is 1.53. The minimum Gasteiger partial charge on any atom is -0.466 e. The summed E-state index contributed by atoms with van der Waals surface area (Å²) in [4.78, 5) is 54.1. The van der Waals surface area contributed by atoms with Gasteiger partial charge in [0.2, 0.25) is 11.8 Å². The molecule has 232 valence electrons. The van der Waals surface area contributed by atoms with E-state index in [1.807, 2.05) is 30.3 Å². The van der Waals surface area contributed by atoms with Gasteiger partial charge < -0.3 is 15.0 Å². The molecular formula is C32H30N4O8S. The molecule has 0 aromatic heterocycles. The van der Waals surface area contributed by atoms with Crippen LogP contribution in [-0.4, -0.2) is 64.6 Å². The monoisotopic (exact) mass is 630 g/mol. The number of rotatable bonds is 10. The zero-order valence-corrected chi connectivity index (χ0v) is 25.0. The van der Waals surface area contributed by atoms with Crippen LogP contribution in [0.2, 0.25) is 0 Å². The molecule has 5 atom stereocenters. The number of hydrogen-bond donors (Lipinski definition) is 1. The number of nitro benzene ring substituents is 1. The first-order valence-corrected chi connectivity index (χ1v) is 15.9. The van der Waals surface area contributed by atoms with Crippen molar-refractivity contribution in [1.29, 1.82) is 0 Å². The third-order valence-electron chi connectivity index (χ3n) is 8.65. The molecule has 2 fully saturated rings. The van der Waals surface area contributed by atoms with Crippen molar-refractivity contribution in [3.8, 4) is 0 Å². The van der Waals surface area contributed by atoms with Crippen molar-refractivity contribution in [2.45, 2.75) is 42.5 Å². The summed E-state index contributed by atoms with van der Waals surface area (Å²) in [6.45, 7) is 1.62. The van der Waals surface area contributed by atoms with E-state index in [1.165, 1.54) is 29.2 Å². The maximum atomic E-state index is 14.6. The molecule has 3 aliphatic rings. The number of nitro groups is 1. The van der Waals surface area contributed by atoms with Crippen LogP contribution in [-0.2, 0) is 42.2 Å². The van der Waals surface area contributed by atoms with Crippen LogP contribution in [0.5, 0.6) is 0 Å². The maximum Gasteiger partial charge on any atom is 0.311 e. The standard InChI is InChI=1S/C32H30N4O8S/c1-2-44-31(39)26-24-17-18-32(35(24)45(42,43)25-16-10-9-15-23(25)36(40)41)27(26)30(38)34(20-22-13-7-4-8-14-22)28(32)29(37)33-19-21-11-5-3-6-12-21/h3-18,24,26-28H,2,19-20H2,1H3,(H,33,37)/t24-,26-,27+,28-,32+/m0/s1. The molecule has 0 saturated carbocycles. The lowest BCUT2D eigenvalue weighted by Crippen LogP contribution is -2.61. The average molecular weight is 631 g/mol. The summed E-state index contributed by atoms with van der Waals surface area (Å²) < 4.78 is 35.4. The van der Waals surface area contributed by atoms with Gasteiger partial charge in [-0.2, -0.15) is 4.31 Å². The molecule has 45 heavy (non-hydrogen) atoms. The smallest absolute Gasteiger partial charge is 0.311 e. The van der Waals surface area contributed by atoms with Gasteiger partial charge in [0.15, 0.2) is 4.90 Å². The van der Waals surface area contributed by atoms with Crippen molar-refractivity contribution in [3.63, 3.8) is 0 Å². The largest absolute Gasteiger partial charge is 0.466 e. The highest BCUT2D eigenvalue weighted by molar-refractivity contribution is 7.89. The number of amides is 2. The van der Waals surface area contributed by atoms with E-state index < -0.39 is 72.8 Å². The highest BCUT2D eigenvalue weighted by Crippen LogP contribution is 2.59. The topological polar surface area (TPSA) is 156 Å². The Bertz CT molecular complexity index is 1800. The van der Waals surface area contributed by atoms with E-state index in [4.69, 9.17) is 4.74 Å². The second-order valence-electron chi connectivity index (χ2n) is 11.1. The molecule has 2 amide bonds. The first kappa shape index (κ1) is 30.2. The van der Waals surface area contributed by atoms with Crippen molar-refractivity contribution in [1.82, 2.24) is 14.5 Å². The quantitative estimate of drug-likeness (QED) is 0.155. The molecule has 0 unspecified atom stereocenters. The number of carbonyl (C=O) groups excluding carboxylic acids is 3. The first-order chi connectivity index (χ1) is 21.6. The predicted molar refractivity (Wildman–Crippen MR) is 160 cm³/mol. The fraction of sp³-hybridized carbons (Fsp3) is 0.281. The van der Waals surface area contributed by atoms with Crippen LogP contribution < -0.4 is 5.32 Å². The predicted octanol–water partition coefficient (Wildman–Crippen LogP) is 2.80. The number of esters is 1. The van der Waals surface area contributed by atoms with Gasteiger partial charge in [-0.25, -0.2) is 8.42 Å². The Morgan fingerprint density at radius 2 is 1.60 bits per heavy atom. The van der Waals surface area contributed by atoms with E-state index in [1.54, 1.807) is 37.3 Å². The van der Waals surface area contributed by atoms with Gasteiger partial charge in [-0.05, 0) is 24.1 Å². The van der Waals surface area contributed by atoms with Crippen LogP contribution in [0.25, 0.3) is 0 Å². The number of benzene rings is 3. The Hall–Kier alpha value is -4.88. The SMILES string of the molecule is CCOC(=O)[C@H]1[C@@H]2C=C[C@@]3([C@H](C(=O)NCc4ccccc4)N(Cc4ccccc4)C(=O)[C@@H]13)N2S(=O)(=O)c1ccccc1[N+](=O)[O-]. The first-order valence-electron chi connectivity index (χ1n) is 14.4. The second-order valence-corrected chi connectivity index (χ2v) is 12.9. The third-order valence-corrected chi connectivity index (χ3v) is 10.6. The highest BCUT2D eigenvalue weighted by Gasteiger charge is 2.78. The van der Waals surface area contributed by atoms with E-state index in [9.17, 15) is 32.9 Å². The van der Waals surface area contributed by atoms with E-state index in [0.29, 0.717) is 5.56 Å². The molecule has 2 bridgehead atoms. The fourth-order valence-corrected chi connectivity index (χ4v) is 9.02. The lowest BCUT2D eigenvalue weighted by Gasteiger charge is -2.38. The molecule has 3 heterocycles. The van der Waals surface area contributed by atoms with Crippen LogP contribution in [0.4, 0.5) is 5.69 Å². The number of para-hydroxylation sites is 1. The normalized spacial score (nSPS) is 25.3. The molecule has 0 aliphatic carbocycles. The van der Waals surface area contributed by atoms with Gasteiger partial charge >= 0.3 is 5.97 Å². The molecule has 0 radical (unpaired) electrons. The molecule has 6 rings (SSSR count). The zero-order valence-electron chi connectivity index (χ0n) is 24.2. The number of nitrogens with one attached hydrogen (secondary N) is 1. The third kappa shape index (κ3) is 4.79. The van der Waals surface area contributed by atoms with Crippen molar-refractivity contribution >= 4 is 33.5 Å². The highest BCUT2D eigenvalue weighted by atomic mass is 32.2. The molecule has 3 aromatic rings. The zero-order chi connectivity index (χ0) is 31.9. The molecule has 1 N–H and O–H groups in total. The molecule has 13 heteroatoms. The summed E-state index contributed by atoms with van der Waals surface area (Å²) in [6.07, 6.45) is 2.99. The van der Waals surface area contributed by atoms with Crippen LogP contribution in [0.15, 0.2) is 102 Å². The van der Waals surface area contributed by atoms with Gasteiger partial charge in [-0.3, -0.25) is 24.5 Å². The Labute approximate surface area is 259 Å². The summed E-state index contributed by atoms with van der Waals surface area (Å²) in [5.74, 6) is -4.63. The van der Waals surface area contributed by atoms with Crippen molar-refractivity contribution in [2.24, 2.45) is 11.8 Å². The number of likely N-dealkylation sites (tertiary alicyclic amines) is 1. The fourth-order valence-electron chi connectivity index (χ4n) is 6.94. The number of fused-ring (bicyclic) bond motifs is 1.